The van der Waals surface area contributed by atoms with Crippen molar-refractivity contribution in [2.45, 2.75) is 19.4 Å². The van der Waals surface area contributed by atoms with E-state index in [1.807, 2.05) is 48.7 Å². The lowest BCUT2D eigenvalue weighted by Crippen LogP contribution is -2.35. The maximum Gasteiger partial charge on any atom is 0.322 e. The Morgan fingerprint density at radius 2 is 2.17 bits per heavy atom. The third-order valence-electron chi connectivity index (χ3n) is 6.07. The quantitative estimate of drug-likeness (QED) is 0.335. The van der Waals surface area contributed by atoms with Crippen LogP contribution in [0.1, 0.15) is 18.4 Å². The molecule has 35 heavy (non-hydrogen) atoms. The number of hydrogen-bond acceptors (Lipinski definition) is 6. The summed E-state index contributed by atoms with van der Waals surface area (Å²) in [6, 6.07) is 13.1. The first-order valence-electron chi connectivity index (χ1n) is 11.9. The number of aromatic nitrogens is 2. The van der Waals surface area contributed by atoms with E-state index < -0.39 is 0 Å². The van der Waals surface area contributed by atoms with Gasteiger partial charge in [0.25, 0.3) is 0 Å². The number of urea groups is 1. The first-order chi connectivity index (χ1) is 17.2. The lowest BCUT2D eigenvalue weighted by molar-refractivity contribution is 0.198. The number of amides is 2. The summed E-state index contributed by atoms with van der Waals surface area (Å²) in [6.45, 7) is 3.31. The van der Waals surface area contributed by atoms with Crippen LogP contribution in [-0.2, 0) is 6.54 Å². The van der Waals surface area contributed by atoms with Gasteiger partial charge in [-0.15, -0.1) is 0 Å². The third kappa shape index (κ3) is 6.74. The van der Waals surface area contributed by atoms with Gasteiger partial charge in [-0.2, -0.15) is 5.10 Å². The van der Waals surface area contributed by atoms with E-state index in [0.29, 0.717) is 43.5 Å². The van der Waals surface area contributed by atoms with Crippen molar-refractivity contribution in [2.75, 3.05) is 45.3 Å². The van der Waals surface area contributed by atoms with Gasteiger partial charge in [0.05, 0.1) is 25.6 Å². The van der Waals surface area contributed by atoms with E-state index in [1.165, 1.54) is 0 Å². The smallest absolute Gasteiger partial charge is 0.322 e. The van der Waals surface area contributed by atoms with E-state index in [-0.39, 0.29) is 12.6 Å². The molecule has 1 aromatic heterocycles. The van der Waals surface area contributed by atoms with Gasteiger partial charge in [0.1, 0.15) is 11.5 Å². The Kier molecular flexibility index (Phi) is 8.58. The molecule has 1 saturated heterocycles. The largest absolute Gasteiger partial charge is 0.497 e. The summed E-state index contributed by atoms with van der Waals surface area (Å²) >= 11 is 0. The zero-order valence-corrected chi connectivity index (χ0v) is 20.0. The van der Waals surface area contributed by atoms with E-state index in [4.69, 9.17) is 9.47 Å². The first kappa shape index (κ1) is 24.6. The Morgan fingerprint density at radius 1 is 1.26 bits per heavy atom. The van der Waals surface area contributed by atoms with Crippen LogP contribution in [0.3, 0.4) is 0 Å². The Balaban J connectivity index is 1.53. The summed E-state index contributed by atoms with van der Waals surface area (Å²) < 4.78 is 11.5. The van der Waals surface area contributed by atoms with Crippen LogP contribution in [0.25, 0.3) is 11.1 Å². The highest BCUT2D eigenvalue weighted by atomic mass is 16.5. The number of anilines is 1. The van der Waals surface area contributed by atoms with E-state index >= 15 is 0 Å². The number of aromatic amines is 1. The summed E-state index contributed by atoms with van der Waals surface area (Å²) in [4.78, 5) is 15.0. The monoisotopic (exact) mass is 479 g/mol. The average Bonchev–Trinajstić information content (AvgIpc) is 3.61. The fourth-order valence-corrected chi connectivity index (χ4v) is 4.10. The van der Waals surface area contributed by atoms with Gasteiger partial charge in [-0.1, -0.05) is 18.2 Å². The molecule has 2 heterocycles. The van der Waals surface area contributed by atoms with Crippen molar-refractivity contribution in [3.8, 4) is 22.6 Å². The van der Waals surface area contributed by atoms with Gasteiger partial charge in [-0.3, -0.25) is 5.10 Å². The molecule has 0 saturated carbocycles. The molecule has 4 rings (SSSR count). The minimum absolute atomic E-state index is 0.00503. The number of nitrogens with one attached hydrogen (secondary N) is 3. The summed E-state index contributed by atoms with van der Waals surface area (Å²) in [6.07, 6.45) is 5.12. The lowest BCUT2D eigenvalue weighted by atomic mass is 10.1. The number of nitrogens with zero attached hydrogens (tertiary/aromatic N) is 2. The van der Waals surface area contributed by atoms with Crippen LogP contribution in [0.4, 0.5) is 10.5 Å². The number of carbonyl (C=O) groups is 1. The predicted octanol–water partition coefficient (Wildman–Crippen LogP) is 3.49. The summed E-state index contributed by atoms with van der Waals surface area (Å²) in [5.74, 6) is 1.79. The van der Waals surface area contributed by atoms with Crippen LogP contribution < -0.4 is 20.1 Å². The molecule has 9 heteroatoms. The maximum absolute atomic E-state index is 13.3. The van der Waals surface area contributed by atoms with E-state index in [1.54, 1.807) is 18.2 Å². The highest BCUT2D eigenvalue weighted by Crippen LogP contribution is 2.32. The summed E-state index contributed by atoms with van der Waals surface area (Å²) in [7, 11) is 1.62. The molecule has 1 aliphatic rings. The van der Waals surface area contributed by atoms with Crippen molar-refractivity contribution < 1.29 is 19.4 Å². The second-order valence-corrected chi connectivity index (χ2v) is 8.65. The van der Waals surface area contributed by atoms with Gasteiger partial charge in [0.15, 0.2) is 0 Å². The first-order valence-corrected chi connectivity index (χ1v) is 11.9. The Hall–Kier alpha value is -3.56. The minimum Gasteiger partial charge on any atom is -0.497 e. The second-order valence-electron chi connectivity index (χ2n) is 8.65. The van der Waals surface area contributed by atoms with Crippen LogP contribution in [-0.4, -0.2) is 66.2 Å². The number of methoxy groups -OCH3 is 1. The Labute approximate surface area is 205 Å². The number of H-pyrrole nitrogens is 1. The van der Waals surface area contributed by atoms with Crippen LogP contribution in [0.2, 0.25) is 0 Å². The molecule has 0 spiro atoms. The van der Waals surface area contributed by atoms with E-state index in [0.717, 1.165) is 42.0 Å². The van der Waals surface area contributed by atoms with Gasteiger partial charge in [0.2, 0.25) is 0 Å². The van der Waals surface area contributed by atoms with Crippen molar-refractivity contribution in [1.29, 1.82) is 0 Å². The SMILES string of the molecule is COc1cccc(CN(CCCO)C(=O)Nc2ccc(-c3cn[nH]c3)cc2OCC2CCNC2)c1. The van der Waals surface area contributed by atoms with Crippen molar-refractivity contribution in [3.63, 3.8) is 0 Å². The maximum atomic E-state index is 13.3. The average molecular weight is 480 g/mol. The second kappa shape index (κ2) is 12.2. The number of hydrogen-bond donors (Lipinski definition) is 4. The van der Waals surface area contributed by atoms with Gasteiger partial charge in [-0.05, 0) is 54.8 Å². The molecule has 9 nitrogen and oxygen atoms in total. The van der Waals surface area contributed by atoms with Crippen LogP contribution in [0.5, 0.6) is 11.5 Å². The standard InChI is InChI=1S/C26H33N5O4/c1-34-23-5-2-4-19(12-23)17-31(10-3-11-32)26(33)30-24-7-6-21(22-15-28-29-16-22)13-25(24)35-18-20-8-9-27-14-20/h2,4-7,12-13,15-16,20,27,32H,3,8-11,14,17-18H2,1H3,(H,28,29)(H,30,33). The molecule has 4 N–H and O–H groups in total. The zero-order valence-electron chi connectivity index (χ0n) is 20.0. The van der Waals surface area contributed by atoms with E-state index in [9.17, 15) is 9.90 Å². The number of benzene rings is 2. The molecular formula is C26H33N5O4. The van der Waals surface area contributed by atoms with Crippen LogP contribution in [0, 0.1) is 5.92 Å². The Morgan fingerprint density at radius 3 is 2.91 bits per heavy atom. The molecule has 1 fully saturated rings. The molecule has 2 amide bonds. The van der Waals surface area contributed by atoms with Crippen molar-refractivity contribution in [1.82, 2.24) is 20.4 Å². The van der Waals surface area contributed by atoms with Crippen LogP contribution >= 0.6 is 0 Å². The van der Waals surface area contributed by atoms with Gasteiger partial charge >= 0.3 is 6.03 Å². The molecule has 0 aliphatic carbocycles. The number of aliphatic hydroxyl groups is 1. The minimum atomic E-state index is -0.260. The van der Waals surface area contributed by atoms with Gasteiger partial charge in [0, 0.05) is 43.9 Å². The molecule has 3 aromatic rings. The highest BCUT2D eigenvalue weighted by Gasteiger charge is 2.19. The molecule has 1 unspecified atom stereocenters. The fourth-order valence-electron chi connectivity index (χ4n) is 4.10. The number of rotatable bonds is 11. The van der Waals surface area contributed by atoms with Crippen molar-refractivity contribution >= 4 is 11.7 Å². The molecule has 0 bridgehead atoms. The predicted molar refractivity (Wildman–Crippen MR) is 135 cm³/mol. The normalized spacial score (nSPS) is 15.1. The molecule has 2 aromatic carbocycles. The Bertz CT molecular complexity index is 1080. The summed E-state index contributed by atoms with van der Waals surface area (Å²) in [5, 5.41) is 22.6. The van der Waals surface area contributed by atoms with Gasteiger partial charge in [-0.25, -0.2) is 4.79 Å². The van der Waals surface area contributed by atoms with Crippen LogP contribution in [0.15, 0.2) is 54.9 Å². The van der Waals surface area contributed by atoms with Crippen molar-refractivity contribution in [3.05, 3.63) is 60.4 Å². The molecular weight excluding hydrogens is 446 g/mol. The number of carbonyl (C=O) groups excluding carboxylic acids is 1. The topological polar surface area (TPSA) is 112 Å². The highest BCUT2D eigenvalue weighted by molar-refractivity contribution is 5.91. The molecule has 186 valence electrons. The molecule has 0 radical (unpaired) electrons. The third-order valence-corrected chi connectivity index (χ3v) is 6.07. The van der Waals surface area contributed by atoms with Gasteiger partial charge < -0.3 is 30.1 Å². The summed E-state index contributed by atoms with van der Waals surface area (Å²) in [5.41, 5.74) is 3.44. The number of ether oxygens (including phenoxy) is 2. The lowest BCUT2D eigenvalue weighted by Gasteiger charge is -2.24. The van der Waals surface area contributed by atoms with Crippen molar-refractivity contribution in [2.24, 2.45) is 5.92 Å². The fraction of sp³-hybridized carbons (Fsp3) is 0.385. The zero-order chi connectivity index (χ0) is 24.5. The molecule has 1 atom stereocenters. The number of aliphatic hydroxyl groups excluding tert-OH is 1. The van der Waals surface area contributed by atoms with E-state index in [2.05, 4.69) is 20.8 Å². The molecule has 1 aliphatic heterocycles.